The van der Waals surface area contributed by atoms with Gasteiger partial charge in [-0.2, -0.15) is 0 Å². The second-order valence-electron chi connectivity index (χ2n) is 5.10. The Kier molecular flexibility index (Phi) is 7.78. The predicted molar refractivity (Wildman–Crippen MR) is 85.0 cm³/mol. The monoisotopic (exact) mass is 299 g/mol. The maximum absolute atomic E-state index is 6.14. The molecule has 0 bridgehead atoms. The third kappa shape index (κ3) is 5.22. The van der Waals surface area contributed by atoms with Crippen LogP contribution in [0.25, 0.3) is 0 Å². The molecule has 1 rings (SSSR count). The summed E-state index contributed by atoms with van der Waals surface area (Å²) < 4.78 is 11.4. The fourth-order valence-electron chi connectivity index (χ4n) is 1.81. The Bertz CT molecular complexity index is 410. The number of nitrogens with one attached hydrogen (secondary N) is 1. The molecule has 1 N–H and O–H groups in total. The standard InChI is InChI=1S/C16H26ClNO2/c1-5-7-18-10-13-8-14(17)9-15(19-4)16(13)20-11-12(3)6-2/h8-9,12,18H,5-7,10-11H2,1-4H3. The first-order valence-electron chi connectivity index (χ1n) is 7.32. The van der Waals surface area contributed by atoms with Crippen LogP contribution in [-0.2, 0) is 6.54 Å². The summed E-state index contributed by atoms with van der Waals surface area (Å²) in [5.41, 5.74) is 1.05. The molecule has 1 unspecified atom stereocenters. The van der Waals surface area contributed by atoms with Gasteiger partial charge in [0.05, 0.1) is 13.7 Å². The van der Waals surface area contributed by atoms with E-state index in [-0.39, 0.29) is 0 Å². The Balaban J connectivity index is 2.90. The van der Waals surface area contributed by atoms with Crippen molar-refractivity contribution < 1.29 is 9.47 Å². The Morgan fingerprint density at radius 2 is 2.05 bits per heavy atom. The summed E-state index contributed by atoms with van der Waals surface area (Å²) in [4.78, 5) is 0. The smallest absolute Gasteiger partial charge is 0.165 e. The Labute approximate surface area is 127 Å². The molecule has 0 aliphatic rings. The molecule has 0 aromatic heterocycles. The summed E-state index contributed by atoms with van der Waals surface area (Å²) in [6.07, 6.45) is 2.19. The van der Waals surface area contributed by atoms with E-state index in [1.807, 2.05) is 6.07 Å². The lowest BCUT2D eigenvalue weighted by atomic mass is 10.1. The summed E-state index contributed by atoms with van der Waals surface area (Å²) >= 11 is 6.14. The molecule has 1 atom stereocenters. The van der Waals surface area contributed by atoms with Crippen LogP contribution in [0.4, 0.5) is 0 Å². The molecule has 0 spiro atoms. The quantitative estimate of drug-likeness (QED) is 0.691. The van der Waals surface area contributed by atoms with Crippen LogP contribution < -0.4 is 14.8 Å². The van der Waals surface area contributed by atoms with Gasteiger partial charge in [0.25, 0.3) is 0 Å². The third-order valence-electron chi connectivity index (χ3n) is 3.27. The molecular weight excluding hydrogens is 274 g/mol. The van der Waals surface area contributed by atoms with Crippen LogP contribution in [-0.4, -0.2) is 20.3 Å². The van der Waals surface area contributed by atoms with Crippen molar-refractivity contribution in [1.82, 2.24) is 5.32 Å². The number of ether oxygens (including phenoxy) is 2. The number of halogens is 1. The zero-order valence-electron chi connectivity index (χ0n) is 13.0. The van der Waals surface area contributed by atoms with Crippen molar-refractivity contribution in [3.8, 4) is 11.5 Å². The van der Waals surface area contributed by atoms with Crippen LogP contribution in [0.1, 0.15) is 39.2 Å². The molecule has 0 heterocycles. The minimum absolute atomic E-state index is 0.520. The maximum atomic E-state index is 6.14. The summed E-state index contributed by atoms with van der Waals surface area (Å²) in [6, 6.07) is 3.75. The average Bonchev–Trinajstić information content (AvgIpc) is 2.45. The number of hydrogen-bond acceptors (Lipinski definition) is 3. The molecule has 0 saturated heterocycles. The minimum atomic E-state index is 0.520. The SMILES string of the molecule is CCCNCc1cc(Cl)cc(OC)c1OCC(C)CC. The number of methoxy groups -OCH3 is 1. The van der Waals surface area contributed by atoms with Crippen LogP contribution in [0.5, 0.6) is 11.5 Å². The van der Waals surface area contributed by atoms with E-state index < -0.39 is 0 Å². The molecule has 0 amide bonds. The van der Waals surface area contributed by atoms with Gasteiger partial charge in [-0.1, -0.05) is 38.8 Å². The van der Waals surface area contributed by atoms with E-state index in [4.69, 9.17) is 21.1 Å². The van der Waals surface area contributed by atoms with Crippen LogP contribution in [0.2, 0.25) is 5.02 Å². The van der Waals surface area contributed by atoms with E-state index in [0.29, 0.717) is 23.3 Å². The molecule has 4 heteroatoms. The van der Waals surface area contributed by atoms with Gasteiger partial charge < -0.3 is 14.8 Å². The Morgan fingerprint density at radius 3 is 2.65 bits per heavy atom. The van der Waals surface area contributed by atoms with Gasteiger partial charge in [-0.15, -0.1) is 0 Å². The lowest BCUT2D eigenvalue weighted by molar-refractivity contribution is 0.242. The van der Waals surface area contributed by atoms with E-state index in [1.165, 1.54) is 0 Å². The summed E-state index contributed by atoms with van der Waals surface area (Å²) in [5, 5.41) is 4.05. The highest BCUT2D eigenvalue weighted by atomic mass is 35.5. The number of benzene rings is 1. The molecule has 1 aromatic rings. The van der Waals surface area contributed by atoms with E-state index in [0.717, 1.165) is 37.2 Å². The summed E-state index contributed by atoms with van der Waals surface area (Å²) in [5.74, 6) is 2.03. The van der Waals surface area contributed by atoms with Crippen LogP contribution in [0, 0.1) is 5.92 Å². The van der Waals surface area contributed by atoms with Crippen LogP contribution in [0.15, 0.2) is 12.1 Å². The van der Waals surface area contributed by atoms with Crippen molar-refractivity contribution in [3.05, 3.63) is 22.7 Å². The lowest BCUT2D eigenvalue weighted by Crippen LogP contribution is -2.16. The van der Waals surface area contributed by atoms with Crippen molar-refractivity contribution in [2.75, 3.05) is 20.3 Å². The maximum Gasteiger partial charge on any atom is 0.165 e. The molecular formula is C16H26ClNO2. The topological polar surface area (TPSA) is 30.5 Å². The molecule has 0 aliphatic carbocycles. The molecule has 20 heavy (non-hydrogen) atoms. The van der Waals surface area contributed by atoms with E-state index in [1.54, 1.807) is 13.2 Å². The highest BCUT2D eigenvalue weighted by molar-refractivity contribution is 6.30. The Hall–Kier alpha value is -0.930. The van der Waals surface area contributed by atoms with Gasteiger partial charge in [0.15, 0.2) is 11.5 Å². The van der Waals surface area contributed by atoms with E-state index >= 15 is 0 Å². The van der Waals surface area contributed by atoms with Crippen molar-refractivity contribution in [2.45, 2.75) is 40.2 Å². The van der Waals surface area contributed by atoms with E-state index in [9.17, 15) is 0 Å². The van der Waals surface area contributed by atoms with Gasteiger partial charge in [0.1, 0.15) is 0 Å². The van der Waals surface area contributed by atoms with Crippen molar-refractivity contribution in [3.63, 3.8) is 0 Å². The van der Waals surface area contributed by atoms with Gasteiger partial charge in [-0.05, 0) is 24.9 Å². The lowest BCUT2D eigenvalue weighted by Gasteiger charge is -2.18. The average molecular weight is 300 g/mol. The van der Waals surface area contributed by atoms with Gasteiger partial charge in [0.2, 0.25) is 0 Å². The second-order valence-corrected chi connectivity index (χ2v) is 5.53. The zero-order valence-corrected chi connectivity index (χ0v) is 13.7. The molecule has 0 saturated carbocycles. The summed E-state index contributed by atoms with van der Waals surface area (Å²) in [7, 11) is 1.64. The van der Waals surface area contributed by atoms with Crippen molar-refractivity contribution >= 4 is 11.6 Å². The van der Waals surface area contributed by atoms with Crippen LogP contribution in [0.3, 0.4) is 0 Å². The largest absolute Gasteiger partial charge is 0.493 e. The highest BCUT2D eigenvalue weighted by Crippen LogP contribution is 2.35. The second kappa shape index (κ2) is 9.09. The molecule has 0 aliphatic heterocycles. The van der Waals surface area contributed by atoms with E-state index in [2.05, 4.69) is 26.1 Å². The van der Waals surface area contributed by atoms with Gasteiger partial charge >= 0.3 is 0 Å². The first-order valence-corrected chi connectivity index (χ1v) is 7.70. The van der Waals surface area contributed by atoms with Crippen molar-refractivity contribution in [2.24, 2.45) is 5.92 Å². The third-order valence-corrected chi connectivity index (χ3v) is 3.49. The number of hydrogen-bond donors (Lipinski definition) is 1. The molecule has 1 aromatic carbocycles. The predicted octanol–water partition coefficient (Wildman–Crippen LogP) is 4.27. The molecule has 0 fully saturated rings. The van der Waals surface area contributed by atoms with Gasteiger partial charge in [-0.25, -0.2) is 0 Å². The Morgan fingerprint density at radius 1 is 1.30 bits per heavy atom. The highest BCUT2D eigenvalue weighted by Gasteiger charge is 2.13. The summed E-state index contributed by atoms with van der Waals surface area (Å²) in [6.45, 7) is 8.88. The molecule has 0 radical (unpaired) electrons. The van der Waals surface area contributed by atoms with Crippen molar-refractivity contribution in [1.29, 1.82) is 0 Å². The van der Waals surface area contributed by atoms with Gasteiger partial charge in [0, 0.05) is 23.2 Å². The number of rotatable bonds is 9. The zero-order chi connectivity index (χ0) is 15.0. The fraction of sp³-hybridized carbons (Fsp3) is 0.625. The first-order chi connectivity index (χ1) is 9.62. The van der Waals surface area contributed by atoms with Crippen LogP contribution >= 0.6 is 11.6 Å². The minimum Gasteiger partial charge on any atom is -0.493 e. The molecule has 3 nitrogen and oxygen atoms in total. The van der Waals surface area contributed by atoms with Gasteiger partial charge in [-0.3, -0.25) is 0 Å². The first kappa shape index (κ1) is 17.1. The fourth-order valence-corrected chi connectivity index (χ4v) is 2.04. The molecule has 114 valence electrons. The normalized spacial score (nSPS) is 12.2.